The third kappa shape index (κ3) is 3.23. The maximum absolute atomic E-state index is 8.84. The average molecular weight is 201 g/mol. The van der Waals surface area contributed by atoms with E-state index in [-0.39, 0.29) is 17.8 Å². The Labute approximate surface area is 81.0 Å². The van der Waals surface area contributed by atoms with Gasteiger partial charge in [-0.2, -0.15) is 0 Å². The Kier molecular flexibility index (Phi) is 4.96. The zero-order valence-electron chi connectivity index (χ0n) is 7.34. The van der Waals surface area contributed by atoms with E-state index in [9.17, 15) is 0 Å². The highest BCUT2D eigenvalue weighted by Crippen LogP contribution is 2.21. The molecule has 78 valence electrons. The first-order valence-electron chi connectivity index (χ1n) is 3.65. The molecule has 0 spiro atoms. The molecule has 0 saturated carbocycles. The van der Waals surface area contributed by atoms with E-state index in [4.69, 9.17) is 20.9 Å². The maximum atomic E-state index is 8.84. The fourth-order valence-electron chi connectivity index (χ4n) is 0.925. The van der Waals surface area contributed by atoms with Gasteiger partial charge >= 0.3 is 7.32 Å². The van der Waals surface area contributed by atoms with E-state index in [1.807, 2.05) is 0 Å². The molecule has 0 heterocycles. The largest absolute Gasteiger partial charge is 0.707 e. The van der Waals surface area contributed by atoms with Crippen LogP contribution in [0.25, 0.3) is 0 Å². The molecule has 0 aliphatic rings. The second-order valence-corrected chi connectivity index (χ2v) is 2.47. The summed E-state index contributed by atoms with van der Waals surface area (Å²) in [5.74, 6) is 0.164. The first-order chi connectivity index (χ1) is 6.13. The molecule has 14 heavy (non-hydrogen) atoms. The lowest BCUT2D eigenvalue weighted by Crippen LogP contribution is -2.21. The number of aliphatic hydroxyl groups excluding tert-OH is 1. The number of aliphatic hydroxyl groups is 1. The molecule has 1 aromatic carbocycles. The van der Waals surface area contributed by atoms with Crippen LogP contribution >= 0.6 is 0 Å². The van der Waals surface area contributed by atoms with Gasteiger partial charge in [-0.15, -0.1) is 0 Å². The van der Waals surface area contributed by atoms with Crippen LogP contribution < -0.4 is 10.4 Å². The van der Waals surface area contributed by atoms with Gasteiger partial charge in [0.15, 0.2) is 0 Å². The maximum Gasteiger partial charge on any atom is 0.707 e. The standard InChI is InChI=1S/C7H10BNO4.H2O/c9-6-2-1-5(4-10)7(3-6)13-8(11)12;/h1-3,10-12H,4,9H2;1H2. The summed E-state index contributed by atoms with van der Waals surface area (Å²) >= 11 is 0. The predicted octanol–water partition coefficient (Wildman–Crippen LogP) is -1.72. The summed E-state index contributed by atoms with van der Waals surface area (Å²) in [5.41, 5.74) is 6.30. The zero-order chi connectivity index (χ0) is 9.84. The Morgan fingerprint density at radius 2 is 2.00 bits per heavy atom. The Balaban J connectivity index is 0.00000169. The van der Waals surface area contributed by atoms with Crippen molar-refractivity contribution in [1.29, 1.82) is 0 Å². The van der Waals surface area contributed by atoms with Gasteiger partial charge in [-0.05, 0) is 6.07 Å². The second-order valence-electron chi connectivity index (χ2n) is 2.47. The predicted molar refractivity (Wildman–Crippen MR) is 51.2 cm³/mol. The zero-order valence-corrected chi connectivity index (χ0v) is 7.34. The van der Waals surface area contributed by atoms with Crippen molar-refractivity contribution < 1.29 is 25.3 Å². The van der Waals surface area contributed by atoms with E-state index >= 15 is 0 Å². The van der Waals surface area contributed by atoms with E-state index < -0.39 is 7.32 Å². The molecular formula is C7H12BNO5. The molecule has 0 amide bonds. The van der Waals surface area contributed by atoms with Gasteiger partial charge in [-0.25, -0.2) is 0 Å². The smallest absolute Gasteiger partial charge is 0.512 e. The van der Waals surface area contributed by atoms with Crippen LogP contribution in [0.3, 0.4) is 0 Å². The quantitative estimate of drug-likeness (QED) is 0.341. The molecular weight excluding hydrogens is 189 g/mol. The average Bonchev–Trinajstić information content (AvgIpc) is 2.03. The van der Waals surface area contributed by atoms with Crippen LogP contribution in [-0.2, 0) is 6.61 Å². The van der Waals surface area contributed by atoms with Crippen molar-refractivity contribution >= 4 is 13.0 Å². The van der Waals surface area contributed by atoms with Gasteiger partial charge in [0.05, 0.1) is 6.61 Å². The van der Waals surface area contributed by atoms with Crippen LogP contribution in [0.1, 0.15) is 5.56 Å². The SMILES string of the molecule is Nc1ccc(CO)c(OB(O)O)c1.O. The fraction of sp³-hybridized carbons (Fsp3) is 0.143. The van der Waals surface area contributed by atoms with Gasteiger partial charge in [-0.1, -0.05) is 6.07 Å². The molecule has 1 aromatic rings. The van der Waals surface area contributed by atoms with Crippen LogP contribution in [0.4, 0.5) is 5.69 Å². The normalized spacial score (nSPS) is 9.07. The minimum Gasteiger partial charge on any atom is -0.512 e. The van der Waals surface area contributed by atoms with E-state index in [1.165, 1.54) is 6.07 Å². The van der Waals surface area contributed by atoms with Gasteiger partial charge in [-0.3, -0.25) is 0 Å². The first kappa shape index (κ1) is 12.7. The molecule has 0 bridgehead atoms. The van der Waals surface area contributed by atoms with Crippen LogP contribution in [0.15, 0.2) is 18.2 Å². The summed E-state index contributed by atoms with van der Waals surface area (Å²) in [4.78, 5) is 0. The van der Waals surface area contributed by atoms with Gasteiger partial charge in [0.1, 0.15) is 5.75 Å². The molecule has 1 rings (SSSR count). The highest BCUT2D eigenvalue weighted by atomic mass is 16.6. The van der Waals surface area contributed by atoms with Crippen LogP contribution in [0.5, 0.6) is 5.75 Å². The highest BCUT2D eigenvalue weighted by molar-refractivity contribution is 6.33. The van der Waals surface area contributed by atoms with Crippen LogP contribution in [0.2, 0.25) is 0 Å². The van der Waals surface area contributed by atoms with E-state index in [1.54, 1.807) is 12.1 Å². The Hall–Kier alpha value is -1.28. The van der Waals surface area contributed by atoms with Crippen molar-refractivity contribution in [1.82, 2.24) is 0 Å². The summed E-state index contributed by atoms with van der Waals surface area (Å²) in [6.45, 7) is -0.248. The van der Waals surface area contributed by atoms with Gasteiger partial charge in [0, 0.05) is 17.3 Å². The van der Waals surface area contributed by atoms with Crippen molar-refractivity contribution in [3.05, 3.63) is 23.8 Å². The van der Waals surface area contributed by atoms with Crippen LogP contribution in [0, 0.1) is 0 Å². The number of hydrogen-bond donors (Lipinski definition) is 4. The topological polar surface area (TPSA) is 127 Å². The lowest BCUT2D eigenvalue weighted by atomic mass is 10.1. The van der Waals surface area contributed by atoms with Crippen molar-refractivity contribution in [3.63, 3.8) is 0 Å². The van der Waals surface area contributed by atoms with Gasteiger partial charge in [0.2, 0.25) is 0 Å². The molecule has 7 N–H and O–H groups in total. The van der Waals surface area contributed by atoms with E-state index in [2.05, 4.69) is 4.65 Å². The minimum absolute atomic E-state index is 0. The summed E-state index contributed by atoms with van der Waals surface area (Å²) < 4.78 is 4.59. The Morgan fingerprint density at radius 1 is 1.36 bits per heavy atom. The Morgan fingerprint density at radius 3 is 2.50 bits per heavy atom. The molecule has 0 aromatic heterocycles. The lowest BCUT2D eigenvalue weighted by molar-refractivity contribution is 0.264. The number of rotatable bonds is 3. The number of hydrogen-bond acceptors (Lipinski definition) is 5. The molecule has 0 fully saturated rings. The number of nitrogens with two attached hydrogens (primary N) is 1. The van der Waals surface area contributed by atoms with Crippen molar-refractivity contribution in [2.45, 2.75) is 6.61 Å². The van der Waals surface area contributed by atoms with Crippen molar-refractivity contribution in [2.24, 2.45) is 0 Å². The monoisotopic (exact) mass is 201 g/mol. The third-order valence-electron chi connectivity index (χ3n) is 1.49. The summed E-state index contributed by atoms with van der Waals surface area (Å²) in [6, 6.07) is 4.54. The third-order valence-corrected chi connectivity index (χ3v) is 1.49. The minimum atomic E-state index is -1.91. The van der Waals surface area contributed by atoms with Crippen molar-refractivity contribution in [2.75, 3.05) is 5.73 Å². The first-order valence-corrected chi connectivity index (χ1v) is 3.65. The summed E-state index contributed by atoms with van der Waals surface area (Å²) in [6.07, 6.45) is 0. The molecule has 0 radical (unpaired) electrons. The molecule has 0 atom stereocenters. The molecule has 7 heteroatoms. The lowest BCUT2D eigenvalue weighted by Gasteiger charge is -2.09. The molecule has 0 saturated heterocycles. The van der Waals surface area contributed by atoms with Gasteiger partial charge in [0.25, 0.3) is 0 Å². The number of nitrogen functional groups attached to an aromatic ring is 1. The highest BCUT2D eigenvalue weighted by Gasteiger charge is 2.13. The molecule has 0 unspecified atom stereocenters. The number of anilines is 1. The Bertz CT molecular complexity index is 293. The van der Waals surface area contributed by atoms with E-state index in [0.717, 1.165) is 0 Å². The molecule has 0 aliphatic carbocycles. The summed E-state index contributed by atoms with van der Waals surface area (Å²) in [7, 11) is -1.91. The van der Waals surface area contributed by atoms with Gasteiger partial charge < -0.3 is 31.0 Å². The van der Waals surface area contributed by atoms with E-state index in [0.29, 0.717) is 11.3 Å². The fourth-order valence-corrected chi connectivity index (χ4v) is 0.925. The van der Waals surface area contributed by atoms with Crippen molar-refractivity contribution in [3.8, 4) is 5.75 Å². The summed E-state index contributed by atoms with van der Waals surface area (Å²) in [5, 5.41) is 25.9. The molecule has 6 nitrogen and oxygen atoms in total. The van der Waals surface area contributed by atoms with Crippen LogP contribution in [-0.4, -0.2) is 28.0 Å². The number of benzene rings is 1. The molecule has 0 aliphatic heterocycles. The second kappa shape index (κ2) is 5.45.